The van der Waals surface area contributed by atoms with E-state index in [0.717, 1.165) is 5.56 Å². The fraction of sp³-hybridized carbons (Fsp3) is 0.562. The average molecular weight is 348 g/mol. The second-order valence-corrected chi connectivity index (χ2v) is 7.58. The molecule has 1 rings (SSSR count). The molecule has 0 bridgehead atoms. The minimum atomic E-state index is -0.556. The van der Waals surface area contributed by atoms with Crippen LogP contribution in [-0.2, 0) is 11.2 Å². The maximum absolute atomic E-state index is 11.7. The number of halogens is 2. The molecule has 1 atom stereocenters. The minimum Gasteiger partial charge on any atom is -0.444 e. The summed E-state index contributed by atoms with van der Waals surface area (Å²) in [6, 6.07) is 5.24. The third kappa shape index (κ3) is 6.42. The van der Waals surface area contributed by atoms with E-state index >= 15 is 0 Å². The Morgan fingerprint density at radius 3 is 2.41 bits per heavy atom. The van der Waals surface area contributed by atoms with Gasteiger partial charge in [0, 0.05) is 22.0 Å². The molecule has 0 aromatic heterocycles. The number of hydrogen-bond donors (Lipinski definition) is 2. The average Bonchev–Trinajstić information content (AvgIpc) is 2.38. The molecule has 1 amide bonds. The van der Waals surface area contributed by atoms with Crippen LogP contribution in [0.5, 0.6) is 0 Å². The highest BCUT2D eigenvalue weighted by Gasteiger charge is 2.27. The number of aliphatic hydroxyl groups excluding tert-OH is 1. The summed E-state index contributed by atoms with van der Waals surface area (Å²) in [5, 5.41) is 13.5. The van der Waals surface area contributed by atoms with Crippen molar-refractivity contribution >= 4 is 29.3 Å². The lowest BCUT2D eigenvalue weighted by Crippen LogP contribution is -2.41. The van der Waals surface area contributed by atoms with Crippen molar-refractivity contribution in [3.05, 3.63) is 33.8 Å². The van der Waals surface area contributed by atoms with E-state index in [1.165, 1.54) is 0 Å². The molecule has 0 aliphatic rings. The van der Waals surface area contributed by atoms with Crippen LogP contribution in [0, 0.1) is 5.41 Å². The summed E-state index contributed by atoms with van der Waals surface area (Å²) in [6.45, 7) is 7.44. The first-order chi connectivity index (χ1) is 10.0. The van der Waals surface area contributed by atoms with E-state index < -0.39 is 17.1 Å². The van der Waals surface area contributed by atoms with E-state index in [4.69, 9.17) is 27.9 Å². The van der Waals surface area contributed by atoms with Crippen molar-refractivity contribution in [3.8, 4) is 0 Å². The Hall–Kier alpha value is -0.970. The fourth-order valence-electron chi connectivity index (χ4n) is 1.90. The summed E-state index contributed by atoms with van der Waals surface area (Å²) in [7, 11) is 0. The topological polar surface area (TPSA) is 58.6 Å². The highest BCUT2D eigenvalue weighted by molar-refractivity contribution is 6.35. The SMILES string of the molecule is CC(CO)(CNC(=O)OC(C)(C)C)Cc1ccc(Cl)cc1Cl. The van der Waals surface area contributed by atoms with Crippen LogP contribution in [0.4, 0.5) is 4.79 Å². The Morgan fingerprint density at radius 1 is 1.27 bits per heavy atom. The summed E-state index contributed by atoms with van der Waals surface area (Å²) in [5.41, 5.74) is -0.235. The maximum Gasteiger partial charge on any atom is 0.407 e. The number of benzene rings is 1. The number of nitrogens with one attached hydrogen (secondary N) is 1. The standard InChI is InChI=1S/C16H23Cl2NO3/c1-15(2,3)22-14(21)19-9-16(4,10-20)8-11-5-6-12(17)7-13(11)18/h5-7,20H,8-10H2,1-4H3,(H,19,21). The van der Waals surface area contributed by atoms with Crippen LogP contribution in [0.2, 0.25) is 10.0 Å². The van der Waals surface area contributed by atoms with Gasteiger partial charge >= 0.3 is 6.09 Å². The quantitative estimate of drug-likeness (QED) is 0.844. The van der Waals surface area contributed by atoms with Gasteiger partial charge in [-0.3, -0.25) is 0 Å². The normalized spacial score (nSPS) is 14.3. The molecule has 0 saturated heterocycles. The summed E-state index contributed by atoms with van der Waals surface area (Å²) >= 11 is 12.0. The van der Waals surface area contributed by atoms with Gasteiger partial charge in [-0.05, 0) is 44.9 Å². The zero-order valence-corrected chi connectivity index (χ0v) is 14.9. The van der Waals surface area contributed by atoms with Crippen molar-refractivity contribution in [2.75, 3.05) is 13.2 Å². The van der Waals surface area contributed by atoms with Gasteiger partial charge in [0.15, 0.2) is 0 Å². The monoisotopic (exact) mass is 347 g/mol. The maximum atomic E-state index is 11.7. The lowest BCUT2D eigenvalue weighted by atomic mass is 9.84. The van der Waals surface area contributed by atoms with Gasteiger partial charge in [-0.15, -0.1) is 0 Å². The minimum absolute atomic E-state index is 0.0955. The number of carbonyl (C=O) groups is 1. The van der Waals surface area contributed by atoms with Gasteiger partial charge in [0.05, 0.1) is 6.61 Å². The molecule has 2 N–H and O–H groups in total. The van der Waals surface area contributed by atoms with Crippen molar-refractivity contribution in [1.29, 1.82) is 0 Å². The molecule has 0 spiro atoms. The largest absolute Gasteiger partial charge is 0.444 e. The van der Waals surface area contributed by atoms with Crippen LogP contribution in [-0.4, -0.2) is 30.0 Å². The smallest absolute Gasteiger partial charge is 0.407 e. The number of hydrogen-bond acceptors (Lipinski definition) is 3. The van der Waals surface area contributed by atoms with Gasteiger partial charge in [0.1, 0.15) is 5.60 Å². The second kappa shape index (κ2) is 7.53. The predicted molar refractivity (Wildman–Crippen MR) is 89.6 cm³/mol. The lowest BCUT2D eigenvalue weighted by molar-refractivity contribution is 0.0478. The molecular formula is C16H23Cl2NO3. The molecule has 0 aliphatic heterocycles. The van der Waals surface area contributed by atoms with Gasteiger partial charge in [0.2, 0.25) is 0 Å². The van der Waals surface area contributed by atoms with Crippen molar-refractivity contribution in [1.82, 2.24) is 5.32 Å². The molecule has 1 aromatic carbocycles. The van der Waals surface area contributed by atoms with E-state index in [0.29, 0.717) is 16.5 Å². The van der Waals surface area contributed by atoms with E-state index in [1.807, 2.05) is 13.0 Å². The number of carbonyl (C=O) groups excluding carboxylic acids is 1. The van der Waals surface area contributed by atoms with E-state index in [-0.39, 0.29) is 13.2 Å². The van der Waals surface area contributed by atoms with Crippen molar-refractivity contribution < 1.29 is 14.6 Å². The first-order valence-corrected chi connectivity index (χ1v) is 7.82. The van der Waals surface area contributed by atoms with Crippen LogP contribution in [0.25, 0.3) is 0 Å². The van der Waals surface area contributed by atoms with Crippen molar-refractivity contribution in [2.45, 2.75) is 39.7 Å². The van der Waals surface area contributed by atoms with E-state index in [1.54, 1.807) is 32.9 Å². The third-order valence-electron chi connectivity index (χ3n) is 3.07. The lowest BCUT2D eigenvalue weighted by Gasteiger charge is -2.29. The molecular weight excluding hydrogens is 325 g/mol. The Balaban J connectivity index is 2.70. The molecule has 22 heavy (non-hydrogen) atoms. The van der Waals surface area contributed by atoms with Crippen LogP contribution < -0.4 is 5.32 Å². The second-order valence-electron chi connectivity index (χ2n) is 6.74. The third-order valence-corrected chi connectivity index (χ3v) is 3.66. The Morgan fingerprint density at radius 2 is 1.91 bits per heavy atom. The van der Waals surface area contributed by atoms with Gasteiger partial charge in [0.25, 0.3) is 0 Å². The molecule has 0 aliphatic carbocycles. The van der Waals surface area contributed by atoms with Crippen LogP contribution >= 0.6 is 23.2 Å². The van der Waals surface area contributed by atoms with E-state index in [9.17, 15) is 9.90 Å². The van der Waals surface area contributed by atoms with Crippen molar-refractivity contribution in [3.63, 3.8) is 0 Å². The highest BCUT2D eigenvalue weighted by atomic mass is 35.5. The number of ether oxygens (including phenoxy) is 1. The number of rotatable bonds is 5. The van der Waals surface area contributed by atoms with Crippen LogP contribution in [0.3, 0.4) is 0 Å². The summed E-state index contributed by atoms with van der Waals surface area (Å²) in [6.07, 6.45) is 0.00402. The number of amides is 1. The molecule has 1 aromatic rings. The number of aliphatic hydroxyl groups is 1. The highest BCUT2D eigenvalue weighted by Crippen LogP contribution is 2.28. The zero-order chi connectivity index (χ0) is 17.0. The predicted octanol–water partition coefficient (Wildman–Crippen LogP) is 4.06. The molecule has 0 radical (unpaired) electrons. The summed E-state index contributed by atoms with van der Waals surface area (Å²) in [4.78, 5) is 11.7. The molecule has 124 valence electrons. The van der Waals surface area contributed by atoms with Crippen LogP contribution in [0.1, 0.15) is 33.3 Å². The van der Waals surface area contributed by atoms with Gasteiger partial charge < -0.3 is 15.2 Å². The molecule has 4 nitrogen and oxygen atoms in total. The molecule has 0 heterocycles. The van der Waals surface area contributed by atoms with Gasteiger partial charge in [-0.25, -0.2) is 4.79 Å². The number of alkyl carbamates (subject to hydrolysis) is 1. The summed E-state index contributed by atoms with van der Waals surface area (Å²) < 4.78 is 5.19. The Labute approximate surface area is 141 Å². The zero-order valence-electron chi connectivity index (χ0n) is 13.4. The van der Waals surface area contributed by atoms with Gasteiger partial charge in [-0.1, -0.05) is 36.2 Å². The molecule has 0 fully saturated rings. The Kier molecular flexibility index (Phi) is 6.53. The Bertz CT molecular complexity index is 529. The first-order valence-electron chi connectivity index (χ1n) is 7.06. The fourth-order valence-corrected chi connectivity index (χ4v) is 2.37. The van der Waals surface area contributed by atoms with Gasteiger partial charge in [-0.2, -0.15) is 0 Å². The summed E-state index contributed by atoms with van der Waals surface area (Å²) in [5.74, 6) is 0. The molecule has 6 heteroatoms. The van der Waals surface area contributed by atoms with Crippen molar-refractivity contribution in [2.24, 2.45) is 5.41 Å². The molecule has 0 saturated carbocycles. The van der Waals surface area contributed by atoms with Crippen LogP contribution in [0.15, 0.2) is 18.2 Å². The van der Waals surface area contributed by atoms with E-state index in [2.05, 4.69) is 5.32 Å². The first kappa shape index (κ1) is 19.1. The molecule has 1 unspecified atom stereocenters.